The summed E-state index contributed by atoms with van der Waals surface area (Å²) in [5.74, 6) is -1.49. The monoisotopic (exact) mass is 498 g/mol. The zero-order valence-electron chi connectivity index (χ0n) is 15.0. The molecule has 1 rings (SSSR count). The molecule has 0 radical (unpaired) electrons. The number of benzene rings is 1. The van der Waals surface area contributed by atoms with Crippen molar-refractivity contribution in [2.75, 3.05) is 42.2 Å². The molecule has 1 amide bonds. The summed E-state index contributed by atoms with van der Waals surface area (Å²) in [4.78, 5) is 34.8. The molecule has 0 saturated heterocycles. The number of nitro groups is 2. The lowest BCUT2D eigenvalue weighted by molar-refractivity contribution is -0.393. The predicted molar refractivity (Wildman–Crippen MR) is 106 cm³/mol. The van der Waals surface area contributed by atoms with Gasteiger partial charge in [-0.3, -0.25) is 29.6 Å². The van der Waals surface area contributed by atoms with Crippen molar-refractivity contribution in [2.45, 2.75) is 6.42 Å². The Bertz CT molecular complexity index is 878. The van der Waals surface area contributed by atoms with Gasteiger partial charge in [0, 0.05) is 31.0 Å². The Labute approximate surface area is 173 Å². The zero-order chi connectivity index (χ0) is 22.2. The third-order valence-electron chi connectivity index (χ3n) is 3.63. The van der Waals surface area contributed by atoms with Gasteiger partial charge < -0.3 is 15.3 Å². The van der Waals surface area contributed by atoms with E-state index in [1.54, 1.807) is 0 Å². The van der Waals surface area contributed by atoms with E-state index in [1.165, 1.54) is 4.90 Å². The number of carbonyl (C=O) groups is 1. The normalized spacial score (nSPS) is 11.1. The van der Waals surface area contributed by atoms with Gasteiger partial charge in [-0.1, -0.05) is 15.9 Å². The number of nitrogens with zero attached hydrogens (tertiary/aromatic N) is 3. The molecule has 29 heavy (non-hydrogen) atoms. The highest BCUT2D eigenvalue weighted by Crippen LogP contribution is 2.36. The Balaban J connectivity index is 3.55. The molecule has 0 aliphatic heterocycles. The number of non-ortho nitro benzene ring substituents is 1. The number of carbonyl (C=O) groups excluding carboxylic acids is 1. The van der Waals surface area contributed by atoms with E-state index in [1.807, 2.05) is 0 Å². The fourth-order valence-corrected chi connectivity index (χ4v) is 3.42. The van der Waals surface area contributed by atoms with Gasteiger partial charge in [0.15, 0.2) is 0 Å². The number of rotatable bonds is 12. The van der Waals surface area contributed by atoms with Crippen LogP contribution in [-0.4, -0.2) is 71.2 Å². The van der Waals surface area contributed by atoms with Crippen LogP contribution in [0.4, 0.5) is 17.1 Å². The first kappa shape index (κ1) is 24.7. The van der Waals surface area contributed by atoms with Crippen LogP contribution in [0, 0.1) is 20.2 Å². The Hall–Kier alpha value is -2.36. The van der Waals surface area contributed by atoms with Crippen LogP contribution < -0.4 is 10.2 Å². The summed E-state index contributed by atoms with van der Waals surface area (Å²) >= 11 is 3.16. The minimum Gasteiger partial charge on any atom is -0.395 e. The van der Waals surface area contributed by atoms with Crippen molar-refractivity contribution >= 4 is 49.0 Å². The van der Waals surface area contributed by atoms with Crippen LogP contribution in [0.2, 0.25) is 0 Å². The SMILES string of the molecule is O=C(NCCO)c1cc([N+](=O)[O-])cc([N+](=O)[O-])c1N(CCBr)CCCS(=O)(=O)O. The van der Waals surface area contributed by atoms with Crippen LogP contribution >= 0.6 is 15.9 Å². The molecule has 0 spiro atoms. The topological polar surface area (TPSA) is 193 Å². The Morgan fingerprint density at radius 2 is 1.86 bits per heavy atom. The van der Waals surface area contributed by atoms with Crippen molar-refractivity contribution < 1.29 is 32.7 Å². The molecule has 3 N–H and O–H groups in total. The first-order chi connectivity index (χ1) is 13.5. The quantitative estimate of drug-likeness (QED) is 0.160. The van der Waals surface area contributed by atoms with Gasteiger partial charge in [-0.2, -0.15) is 8.42 Å². The third-order valence-corrected chi connectivity index (χ3v) is 4.78. The molecule has 0 aliphatic carbocycles. The van der Waals surface area contributed by atoms with Crippen molar-refractivity contribution in [3.05, 3.63) is 37.9 Å². The van der Waals surface area contributed by atoms with Gasteiger partial charge in [0.2, 0.25) is 0 Å². The fourth-order valence-electron chi connectivity index (χ4n) is 2.49. The summed E-state index contributed by atoms with van der Waals surface area (Å²) in [6.45, 7) is -0.595. The summed E-state index contributed by atoms with van der Waals surface area (Å²) in [6.07, 6.45) is -0.113. The molecular formula is C14H19BrN4O9S. The molecule has 0 unspecified atom stereocenters. The standard InChI is InChI=1S/C14H19BrN4O9S/c15-2-5-17(4-1-7-29(26,27)28)13-11(14(21)16-3-6-20)8-10(18(22)23)9-12(13)19(24)25/h8-9,20H,1-7H2,(H,16,21)(H,26,27,28). The van der Waals surface area contributed by atoms with E-state index in [9.17, 15) is 33.4 Å². The lowest BCUT2D eigenvalue weighted by atomic mass is 10.1. The van der Waals surface area contributed by atoms with E-state index in [-0.39, 0.29) is 42.6 Å². The number of halogens is 1. The van der Waals surface area contributed by atoms with Crippen LogP contribution in [0.15, 0.2) is 12.1 Å². The van der Waals surface area contributed by atoms with Crippen LogP contribution in [0.5, 0.6) is 0 Å². The van der Waals surface area contributed by atoms with Gasteiger partial charge in [-0.25, -0.2) is 0 Å². The predicted octanol–water partition coefficient (Wildman–Crippen LogP) is 0.704. The van der Waals surface area contributed by atoms with Gasteiger partial charge in [0.25, 0.3) is 27.4 Å². The second-order valence-electron chi connectivity index (χ2n) is 5.67. The highest BCUT2D eigenvalue weighted by Gasteiger charge is 2.30. The molecule has 1 aromatic carbocycles. The number of nitro benzene ring substituents is 2. The molecule has 0 aliphatic rings. The van der Waals surface area contributed by atoms with Crippen molar-refractivity contribution in [1.29, 1.82) is 0 Å². The third kappa shape index (κ3) is 7.52. The molecule has 162 valence electrons. The number of aliphatic hydroxyl groups excluding tert-OH is 1. The summed E-state index contributed by atoms with van der Waals surface area (Å²) < 4.78 is 30.8. The van der Waals surface area contributed by atoms with E-state index in [0.717, 1.165) is 6.07 Å². The number of alkyl halides is 1. The molecule has 0 saturated carbocycles. The Morgan fingerprint density at radius 3 is 2.34 bits per heavy atom. The highest BCUT2D eigenvalue weighted by atomic mass is 79.9. The average Bonchev–Trinajstić information content (AvgIpc) is 2.63. The second kappa shape index (κ2) is 11.0. The molecule has 0 fully saturated rings. The molecule has 1 aromatic rings. The second-order valence-corrected chi connectivity index (χ2v) is 8.04. The molecular weight excluding hydrogens is 480 g/mol. The first-order valence-corrected chi connectivity index (χ1v) is 10.9. The van der Waals surface area contributed by atoms with E-state index in [0.29, 0.717) is 6.07 Å². The number of amides is 1. The van der Waals surface area contributed by atoms with Crippen LogP contribution in [0.3, 0.4) is 0 Å². The van der Waals surface area contributed by atoms with E-state index < -0.39 is 49.6 Å². The maximum absolute atomic E-state index is 12.5. The first-order valence-electron chi connectivity index (χ1n) is 8.13. The minimum absolute atomic E-state index is 0.0929. The van der Waals surface area contributed by atoms with Crippen molar-refractivity contribution in [3.8, 4) is 0 Å². The Morgan fingerprint density at radius 1 is 1.21 bits per heavy atom. The van der Waals surface area contributed by atoms with Gasteiger partial charge in [-0.05, 0) is 6.42 Å². The highest BCUT2D eigenvalue weighted by molar-refractivity contribution is 9.09. The number of aliphatic hydroxyl groups is 1. The van der Waals surface area contributed by atoms with Gasteiger partial charge in [0.05, 0.1) is 33.8 Å². The van der Waals surface area contributed by atoms with Crippen molar-refractivity contribution in [1.82, 2.24) is 5.32 Å². The molecule has 0 aromatic heterocycles. The molecule has 0 heterocycles. The fraction of sp³-hybridized carbons (Fsp3) is 0.500. The largest absolute Gasteiger partial charge is 0.395 e. The Kier molecular flexibility index (Phi) is 9.35. The van der Waals surface area contributed by atoms with Gasteiger partial charge in [-0.15, -0.1) is 0 Å². The number of anilines is 1. The van der Waals surface area contributed by atoms with Crippen molar-refractivity contribution in [3.63, 3.8) is 0 Å². The molecule has 0 bridgehead atoms. The van der Waals surface area contributed by atoms with Crippen LogP contribution in [0.25, 0.3) is 0 Å². The average molecular weight is 499 g/mol. The van der Waals surface area contributed by atoms with Crippen LogP contribution in [-0.2, 0) is 10.1 Å². The zero-order valence-corrected chi connectivity index (χ0v) is 17.4. The lowest BCUT2D eigenvalue weighted by Crippen LogP contribution is -2.33. The molecule has 13 nitrogen and oxygen atoms in total. The number of hydrogen-bond acceptors (Lipinski definition) is 9. The van der Waals surface area contributed by atoms with E-state index in [2.05, 4.69) is 21.2 Å². The van der Waals surface area contributed by atoms with Crippen LogP contribution in [0.1, 0.15) is 16.8 Å². The smallest absolute Gasteiger partial charge is 0.300 e. The van der Waals surface area contributed by atoms with Gasteiger partial charge in [0.1, 0.15) is 5.69 Å². The summed E-state index contributed by atoms with van der Waals surface area (Å²) in [5, 5.41) is 34.2. The molecule has 15 heteroatoms. The van der Waals surface area contributed by atoms with Gasteiger partial charge >= 0.3 is 0 Å². The van der Waals surface area contributed by atoms with E-state index in [4.69, 9.17) is 9.66 Å². The summed E-state index contributed by atoms with van der Waals surface area (Å²) in [7, 11) is -4.27. The minimum atomic E-state index is -4.27. The summed E-state index contributed by atoms with van der Waals surface area (Å²) in [5.41, 5.74) is -1.98. The lowest BCUT2D eigenvalue weighted by Gasteiger charge is -2.25. The molecule has 0 atom stereocenters. The summed E-state index contributed by atoms with van der Waals surface area (Å²) in [6, 6.07) is 1.58. The van der Waals surface area contributed by atoms with E-state index >= 15 is 0 Å². The number of nitrogens with one attached hydrogen (secondary N) is 1. The van der Waals surface area contributed by atoms with Crippen molar-refractivity contribution in [2.24, 2.45) is 0 Å². The number of hydrogen-bond donors (Lipinski definition) is 3. The maximum Gasteiger partial charge on any atom is 0.300 e. The maximum atomic E-state index is 12.5.